The predicted octanol–water partition coefficient (Wildman–Crippen LogP) is 5.84. The zero-order valence-corrected chi connectivity index (χ0v) is 17.2. The molecule has 0 aliphatic heterocycles. The summed E-state index contributed by atoms with van der Waals surface area (Å²) in [4.78, 5) is 18.2. The zero-order chi connectivity index (χ0) is 19.8. The van der Waals surface area contributed by atoms with Gasteiger partial charge in [0.2, 0.25) is 5.88 Å². The molecule has 2 aromatic heterocycles. The number of aromatic nitrogens is 2. The van der Waals surface area contributed by atoms with Crippen LogP contribution in [0.5, 0.6) is 5.88 Å². The first kappa shape index (κ1) is 18.8. The number of aromatic amines is 2. The molecular weight excluding hydrogens is 449 g/mol. The van der Waals surface area contributed by atoms with Crippen LogP contribution in [0.15, 0.2) is 40.9 Å². The number of rotatable bonds is 4. The number of benzene rings is 2. The summed E-state index contributed by atoms with van der Waals surface area (Å²) in [7, 11) is 0. The Hall–Kier alpha value is -2.51. The Bertz CT molecular complexity index is 1200. The van der Waals surface area contributed by atoms with Crippen molar-refractivity contribution in [3.8, 4) is 5.88 Å². The van der Waals surface area contributed by atoms with Gasteiger partial charge in [0.15, 0.2) is 0 Å². The summed E-state index contributed by atoms with van der Waals surface area (Å²) in [5.74, 6) is 0.0223. The highest BCUT2D eigenvalue weighted by atomic mass is 79.9. The van der Waals surface area contributed by atoms with E-state index in [9.17, 15) is 9.18 Å². The third-order valence-electron chi connectivity index (χ3n) is 4.55. The Morgan fingerprint density at radius 2 is 2.07 bits per heavy atom. The fourth-order valence-corrected chi connectivity index (χ4v) is 3.89. The average molecular weight is 465 g/mol. The molecule has 2 aromatic carbocycles. The molecule has 5 nitrogen and oxygen atoms in total. The highest BCUT2D eigenvalue weighted by molar-refractivity contribution is 9.10. The second kappa shape index (κ2) is 7.48. The molecule has 0 saturated carbocycles. The van der Waals surface area contributed by atoms with E-state index in [1.54, 1.807) is 18.2 Å². The van der Waals surface area contributed by atoms with Gasteiger partial charge in [-0.25, -0.2) is 9.18 Å². The number of hydrogen-bond donors (Lipinski definition) is 3. The smallest absolute Gasteiger partial charge is 0.393 e. The Labute approximate surface area is 173 Å². The topological polar surface area (TPSA) is 69.9 Å². The molecule has 0 bridgehead atoms. The lowest BCUT2D eigenvalue weighted by atomic mass is 10.1. The van der Waals surface area contributed by atoms with Gasteiger partial charge in [-0.1, -0.05) is 27.5 Å². The summed E-state index contributed by atoms with van der Waals surface area (Å²) in [6, 6.07) is 10.4. The lowest BCUT2D eigenvalue weighted by Gasteiger charge is -2.06. The van der Waals surface area contributed by atoms with E-state index in [-0.39, 0.29) is 5.82 Å². The number of halogens is 3. The SMILES string of the molecule is Cc1[nH]c2c(F)cc(Br)cc2c1CCNC(=O)Oc1cc2cc(Cl)ccc2[nH]1. The van der Waals surface area contributed by atoms with Crippen LogP contribution in [0.25, 0.3) is 21.8 Å². The Balaban J connectivity index is 1.41. The second-order valence-corrected chi connectivity index (χ2v) is 7.82. The largest absolute Gasteiger partial charge is 0.413 e. The Morgan fingerprint density at radius 3 is 2.89 bits per heavy atom. The molecule has 0 aliphatic rings. The molecule has 2 heterocycles. The molecule has 0 aliphatic carbocycles. The van der Waals surface area contributed by atoms with Crippen LogP contribution >= 0.6 is 27.5 Å². The quantitative estimate of drug-likeness (QED) is 0.355. The second-order valence-electron chi connectivity index (χ2n) is 6.47. The van der Waals surface area contributed by atoms with Crippen molar-refractivity contribution >= 4 is 55.4 Å². The number of amides is 1. The summed E-state index contributed by atoms with van der Waals surface area (Å²) in [6.45, 7) is 2.24. The van der Waals surface area contributed by atoms with Crippen molar-refractivity contribution in [3.05, 3.63) is 63.0 Å². The summed E-state index contributed by atoms with van der Waals surface area (Å²) in [5.41, 5.74) is 3.12. The lowest BCUT2D eigenvalue weighted by Crippen LogP contribution is -2.28. The predicted molar refractivity (Wildman–Crippen MR) is 112 cm³/mol. The van der Waals surface area contributed by atoms with Crippen molar-refractivity contribution in [3.63, 3.8) is 0 Å². The highest BCUT2D eigenvalue weighted by Crippen LogP contribution is 2.28. The molecule has 4 aromatic rings. The van der Waals surface area contributed by atoms with E-state index in [0.717, 1.165) is 27.5 Å². The maximum absolute atomic E-state index is 14.1. The number of hydrogen-bond acceptors (Lipinski definition) is 2. The third-order valence-corrected chi connectivity index (χ3v) is 5.24. The van der Waals surface area contributed by atoms with Gasteiger partial charge in [0.25, 0.3) is 0 Å². The van der Waals surface area contributed by atoms with Gasteiger partial charge in [-0.05, 0) is 49.2 Å². The lowest BCUT2D eigenvalue weighted by molar-refractivity contribution is 0.199. The fraction of sp³-hybridized carbons (Fsp3) is 0.150. The summed E-state index contributed by atoms with van der Waals surface area (Å²) < 4.78 is 20.0. The molecule has 0 fully saturated rings. The van der Waals surface area contributed by atoms with Crippen LogP contribution in [0.2, 0.25) is 5.02 Å². The first-order chi connectivity index (χ1) is 13.4. The molecule has 28 heavy (non-hydrogen) atoms. The van der Waals surface area contributed by atoms with Gasteiger partial charge in [-0.2, -0.15) is 0 Å². The van der Waals surface area contributed by atoms with Crippen LogP contribution in [0.3, 0.4) is 0 Å². The summed E-state index contributed by atoms with van der Waals surface area (Å²) in [6.07, 6.45) is -0.0263. The number of aryl methyl sites for hydroxylation is 1. The Kier molecular flexibility index (Phi) is 5.03. The van der Waals surface area contributed by atoms with E-state index >= 15 is 0 Å². The van der Waals surface area contributed by atoms with Gasteiger partial charge in [-0.3, -0.25) is 0 Å². The van der Waals surface area contributed by atoms with Crippen molar-refractivity contribution in [2.75, 3.05) is 6.54 Å². The molecule has 0 saturated heterocycles. The maximum Gasteiger partial charge on any atom is 0.413 e. The molecule has 1 amide bonds. The van der Waals surface area contributed by atoms with Gasteiger partial charge in [0.05, 0.1) is 5.52 Å². The molecule has 0 unspecified atom stereocenters. The van der Waals surface area contributed by atoms with Gasteiger partial charge < -0.3 is 20.0 Å². The molecule has 0 atom stereocenters. The molecule has 0 spiro atoms. The summed E-state index contributed by atoms with van der Waals surface area (Å²) >= 11 is 9.28. The van der Waals surface area contributed by atoms with E-state index in [4.69, 9.17) is 16.3 Å². The van der Waals surface area contributed by atoms with Crippen molar-refractivity contribution in [2.45, 2.75) is 13.3 Å². The first-order valence-electron chi connectivity index (χ1n) is 8.61. The minimum atomic E-state index is -0.567. The van der Waals surface area contributed by atoms with Crippen LogP contribution in [0, 0.1) is 12.7 Å². The minimum Gasteiger partial charge on any atom is -0.393 e. The van der Waals surface area contributed by atoms with E-state index in [1.807, 2.05) is 19.1 Å². The monoisotopic (exact) mass is 463 g/mol. The van der Waals surface area contributed by atoms with Crippen molar-refractivity contribution in [2.24, 2.45) is 0 Å². The minimum absolute atomic E-state index is 0.315. The molecule has 4 rings (SSSR count). The van der Waals surface area contributed by atoms with Crippen LogP contribution in [0.4, 0.5) is 9.18 Å². The van der Waals surface area contributed by atoms with Crippen LogP contribution in [-0.2, 0) is 6.42 Å². The fourth-order valence-electron chi connectivity index (χ4n) is 3.28. The zero-order valence-electron chi connectivity index (χ0n) is 14.8. The van der Waals surface area contributed by atoms with Crippen molar-refractivity contribution in [1.29, 1.82) is 0 Å². The average Bonchev–Trinajstić information content (AvgIpc) is 3.15. The molecule has 3 N–H and O–H groups in total. The number of fused-ring (bicyclic) bond motifs is 2. The molecule has 0 radical (unpaired) electrons. The summed E-state index contributed by atoms with van der Waals surface area (Å²) in [5, 5.41) is 4.99. The number of nitrogens with one attached hydrogen (secondary N) is 3. The molecule has 8 heteroatoms. The van der Waals surface area contributed by atoms with E-state index in [0.29, 0.717) is 33.9 Å². The number of H-pyrrole nitrogens is 2. The van der Waals surface area contributed by atoms with Crippen LogP contribution < -0.4 is 10.1 Å². The van der Waals surface area contributed by atoms with Crippen LogP contribution in [0.1, 0.15) is 11.3 Å². The van der Waals surface area contributed by atoms with Gasteiger partial charge in [-0.15, -0.1) is 0 Å². The first-order valence-corrected chi connectivity index (χ1v) is 9.78. The number of carbonyl (C=O) groups is 1. The molecular formula is C20H16BrClFN3O2. The van der Waals surface area contributed by atoms with E-state index < -0.39 is 6.09 Å². The third kappa shape index (κ3) is 3.72. The maximum atomic E-state index is 14.1. The number of ether oxygens (including phenoxy) is 1. The van der Waals surface area contributed by atoms with Gasteiger partial charge in [0, 0.05) is 44.1 Å². The van der Waals surface area contributed by atoms with Crippen LogP contribution in [-0.4, -0.2) is 22.6 Å². The standard InChI is InChI=1S/C20H16BrClFN3O2/c1-10-14(15-8-12(21)9-16(23)19(15)25-10)4-5-24-20(27)28-18-7-11-6-13(22)2-3-17(11)26-18/h2-3,6-9,25-26H,4-5H2,1H3,(H,24,27). The van der Waals surface area contributed by atoms with Crippen molar-refractivity contribution < 1.29 is 13.9 Å². The van der Waals surface area contributed by atoms with E-state index in [2.05, 4.69) is 31.2 Å². The highest BCUT2D eigenvalue weighted by Gasteiger charge is 2.14. The van der Waals surface area contributed by atoms with Gasteiger partial charge >= 0.3 is 6.09 Å². The molecule has 144 valence electrons. The van der Waals surface area contributed by atoms with Crippen molar-refractivity contribution in [1.82, 2.24) is 15.3 Å². The van der Waals surface area contributed by atoms with Gasteiger partial charge in [0.1, 0.15) is 5.82 Å². The number of carbonyl (C=O) groups excluding carboxylic acids is 1. The normalized spacial score (nSPS) is 11.3. The Morgan fingerprint density at radius 1 is 1.25 bits per heavy atom. The van der Waals surface area contributed by atoms with E-state index in [1.165, 1.54) is 6.07 Å².